The Morgan fingerprint density at radius 2 is 1.82 bits per heavy atom. The van der Waals surface area contributed by atoms with Gasteiger partial charge >= 0.3 is 6.09 Å². The Hall–Kier alpha value is -1.30. The quantitative estimate of drug-likeness (QED) is 0.749. The second-order valence-corrected chi connectivity index (χ2v) is 4.63. The van der Waals surface area contributed by atoms with Crippen molar-refractivity contribution in [2.75, 3.05) is 45.8 Å². The van der Waals surface area contributed by atoms with Crippen molar-refractivity contribution in [1.82, 2.24) is 14.7 Å². The minimum atomic E-state index is -1.00. The number of hydrogen-bond donors (Lipinski definition) is 1. The lowest BCUT2D eigenvalue weighted by Gasteiger charge is -2.33. The summed E-state index contributed by atoms with van der Waals surface area (Å²) >= 11 is 0. The highest BCUT2D eigenvalue weighted by Gasteiger charge is 2.26. The molecule has 2 heterocycles. The molecule has 0 aromatic heterocycles. The van der Waals surface area contributed by atoms with Crippen LogP contribution in [-0.2, 0) is 4.79 Å². The van der Waals surface area contributed by atoms with Crippen molar-refractivity contribution in [1.29, 1.82) is 0 Å². The average molecular weight is 241 g/mol. The first kappa shape index (κ1) is 12.2. The van der Waals surface area contributed by atoms with Gasteiger partial charge in [0.2, 0.25) is 5.91 Å². The zero-order chi connectivity index (χ0) is 12.3. The van der Waals surface area contributed by atoms with Crippen LogP contribution in [0, 0.1) is 0 Å². The van der Waals surface area contributed by atoms with Gasteiger partial charge in [-0.2, -0.15) is 0 Å². The number of carbonyl (C=O) groups is 2. The molecule has 2 amide bonds. The third kappa shape index (κ3) is 3.09. The highest BCUT2D eigenvalue weighted by atomic mass is 16.4. The Morgan fingerprint density at radius 3 is 2.41 bits per heavy atom. The number of carboxylic acid groups (broad SMARTS) is 1. The van der Waals surface area contributed by atoms with Crippen LogP contribution in [0.25, 0.3) is 0 Å². The number of amides is 2. The first-order chi connectivity index (χ1) is 8.16. The second-order valence-electron chi connectivity index (χ2n) is 4.63. The number of hydrogen-bond acceptors (Lipinski definition) is 3. The lowest BCUT2D eigenvalue weighted by molar-refractivity contribution is -0.135. The Labute approximate surface area is 101 Å². The van der Waals surface area contributed by atoms with E-state index in [1.54, 1.807) is 4.90 Å². The van der Waals surface area contributed by atoms with Crippen LogP contribution in [0.5, 0.6) is 0 Å². The molecule has 0 bridgehead atoms. The molecule has 6 nitrogen and oxygen atoms in total. The maximum absolute atomic E-state index is 11.7. The first-order valence-corrected chi connectivity index (χ1v) is 6.15. The van der Waals surface area contributed by atoms with Gasteiger partial charge in [-0.3, -0.25) is 9.69 Å². The van der Waals surface area contributed by atoms with Gasteiger partial charge in [0.25, 0.3) is 0 Å². The van der Waals surface area contributed by atoms with Gasteiger partial charge in [0, 0.05) is 26.2 Å². The lowest BCUT2D eigenvalue weighted by Crippen LogP contribution is -2.53. The summed E-state index contributed by atoms with van der Waals surface area (Å²) in [5.74, 6) is -0.0714. The molecule has 17 heavy (non-hydrogen) atoms. The number of piperazine rings is 1. The molecule has 6 heteroatoms. The van der Waals surface area contributed by atoms with Crippen LogP contribution < -0.4 is 0 Å². The monoisotopic (exact) mass is 241 g/mol. The number of rotatable bonds is 3. The van der Waals surface area contributed by atoms with E-state index in [0.29, 0.717) is 13.1 Å². The molecule has 0 radical (unpaired) electrons. The summed E-state index contributed by atoms with van der Waals surface area (Å²) in [5.41, 5.74) is 0. The SMILES string of the molecule is O=C(O)N1CCN(CCN2CCCC2)C(=O)C1. The van der Waals surface area contributed by atoms with E-state index < -0.39 is 6.09 Å². The second kappa shape index (κ2) is 5.35. The summed E-state index contributed by atoms with van der Waals surface area (Å²) in [6.45, 7) is 4.87. The Morgan fingerprint density at radius 1 is 1.12 bits per heavy atom. The van der Waals surface area contributed by atoms with E-state index in [-0.39, 0.29) is 12.5 Å². The molecule has 0 saturated carbocycles. The summed E-state index contributed by atoms with van der Waals surface area (Å²) in [7, 11) is 0. The number of likely N-dealkylation sites (tertiary alicyclic amines) is 1. The Kier molecular flexibility index (Phi) is 3.83. The molecule has 2 fully saturated rings. The van der Waals surface area contributed by atoms with E-state index in [9.17, 15) is 9.59 Å². The Balaban J connectivity index is 1.75. The van der Waals surface area contributed by atoms with E-state index in [2.05, 4.69) is 4.90 Å². The van der Waals surface area contributed by atoms with Crippen LogP contribution in [0.15, 0.2) is 0 Å². The summed E-state index contributed by atoms with van der Waals surface area (Å²) < 4.78 is 0. The largest absolute Gasteiger partial charge is 0.465 e. The fourth-order valence-electron chi connectivity index (χ4n) is 2.38. The molecule has 96 valence electrons. The van der Waals surface area contributed by atoms with Gasteiger partial charge in [0.05, 0.1) is 0 Å². The number of nitrogens with zero attached hydrogens (tertiary/aromatic N) is 3. The minimum absolute atomic E-state index is 0.00926. The van der Waals surface area contributed by atoms with Gasteiger partial charge in [-0.15, -0.1) is 0 Å². The van der Waals surface area contributed by atoms with Gasteiger partial charge in [-0.25, -0.2) is 4.79 Å². The molecule has 0 spiro atoms. The van der Waals surface area contributed by atoms with E-state index in [1.807, 2.05) is 0 Å². The molecular weight excluding hydrogens is 222 g/mol. The summed E-state index contributed by atoms with van der Waals surface area (Å²) in [5, 5.41) is 8.79. The Bertz CT molecular complexity index is 302. The standard InChI is InChI=1S/C11H19N3O3/c15-10-9-14(11(16)17)8-7-13(10)6-5-12-3-1-2-4-12/h1-9H2,(H,16,17). The molecule has 2 rings (SSSR count). The van der Waals surface area contributed by atoms with Gasteiger partial charge in [0.1, 0.15) is 6.54 Å². The summed E-state index contributed by atoms with van der Waals surface area (Å²) in [4.78, 5) is 27.7. The van der Waals surface area contributed by atoms with Crippen molar-refractivity contribution >= 4 is 12.0 Å². The van der Waals surface area contributed by atoms with Crippen molar-refractivity contribution < 1.29 is 14.7 Å². The van der Waals surface area contributed by atoms with Crippen LogP contribution in [-0.4, -0.2) is 77.6 Å². The summed E-state index contributed by atoms with van der Waals surface area (Å²) in [6.07, 6.45) is 1.50. The molecule has 0 atom stereocenters. The summed E-state index contributed by atoms with van der Waals surface area (Å²) in [6, 6.07) is 0. The first-order valence-electron chi connectivity index (χ1n) is 6.15. The van der Waals surface area contributed by atoms with Gasteiger partial charge in [0.15, 0.2) is 0 Å². The molecule has 2 saturated heterocycles. The average Bonchev–Trinajstić information content (AvgIpc) is 2.80. The van der Waals surface area contributed by atoms with Crippen molar-refractivity contribution in [2.45, 2.75) is 12.8 Å². The topological polar surface area (TPSA) is 64.1 Å². The number of carbonyl (C=O) groups excluding carboxylic acids is 1. The smallest absolute Gasteiger partial charge is 0.407 e. The van der Waals surface area contributed by atoms with E-state index in [1.165, 1.54) is 17.7 Å². The zero-order valence-corrected chi connectivity index (χ0v) is 9.97. The van der Waals surface area contributed by atoms with Crippen molar-refractivity contribution in [3.8, 4) is 0 Å². The molecule has 1 N–H and O–H groups in total. The van der Waals surface area contributed by atoms with Gasteiger partial charge in [-0.1, -0.05) is 0 Å². The maximum Gasteiger partial charge on any atom is 0.407 e. The highest BCUT2D eigenvalue weighted by Crippen LogP contribution is 2.08. The normalized spacial score (nSPS) is 22.2. The van der Waals surface area contributed by atoms with Crippen LogP contribution in [0.4, 0.5) is 4.79 Å². The van der Waals surface area contributed by atoms with E-state index in [4.69, 9.17) is 5.11 Å². The molecule has 0 aromatic carbocycles. The van der Waals surface area contributed by atoms with Crippen molar-refractivity contribution in [3.63, 3.8) is 0 Å². The van der Waals surface area contributed by atoms with Crippen molar-refractivity contribution in [3.05, 3.63) is 0 Å². The predicted octanol–water partition coefficient (Wildman–Crippen LogP) is -0.0956. The maximum atomic E-state index is 11.7. The molecular formula is C11H19N3O3. The molecule has 0 aliphatic carbocycles. The minimum Gasteiger partial charge on any atom is -0.465 e. The van der Waals surface area contributed by atoms with Gasteiger partial charge in [-0.05, 0) is 25.9 Å². The molecule has 0 unspecified atom stereocenters. The third-order valence-electron chi connectivity index (χ3n) is 3.47. The van der Waals surface area contributed by atoms with Gasteiger partial charge < -0.3 is 14.9 Å². The zero-order valence-electron chi connectivity index (χ0n) is 9.97. The third-order valence-corrected chi connectivity index (χ3v) is 3.47. The van der Waals surface area contributed by atoms with Crippen LogP contribution >= 0.6 is 0 Å². The highest BCUT2D eigenvalue weighted by molar-refractivity contribution is 5.83. The van der Waals surface area contributed by atoms with E-state index in [0.717, 1.165) is 26.2 Å². The predicted molar refractivity (Wildman–Crippen MR) is 61.9 cm³/mol. The molecule has 2 aliphatic heterocycles. The fraction of sp³-hybridized carbons (Fsp3) is 0.818. The van der Waals surface area contributed by atoms with Crippen LogP contribution in [0.1, 0.15) is 12.8 Å². The van der Waals surface area contributed by atoms with E-state index >= 15 is 0 Å². The fourth-order valence-corrected chi connectivity index (χ4v) is 2.38. The van der Waals surface area contributed by atoms with Crippen molar-refractivity contribution in [2.24, 2.45) is 0 Å². The van der Waals surface area contributed by atoms with Crippen LogP contribution in [0.2, 0.25) is 0 Å². The lowest BCUT2D eigenvalue weighted by atomic mass is 10.3. The molecule has 0 aromatic rings. The van der Waals surface area contributed by atoms with Crippen LogP contribution in [0.3, 0.4) is 0 Å². The molecule has 2 aliphatic rings.